The molecule has 5 nitrogen and oxygen atoms in total. The van der Waals surface area contributed by atoms with Crippen molar-refractivity contribution in [3.63, 3.8) is 0 Å². The largest absolute Gasteiger partial charge is 0.356 e. The molecule has 2 rings (SSSR count). The Morgan fingerprint density at radius 1 is 1.12 bits per heavy atom. The van der Waals surface area contributed by atoms with Crippen molar-refractivity contribution in [3.8, 4) is 0 Å². The van der Waals surface area contributed by atoms with Gasteiger partial charge in [0.1, 0.15) is 6.54 Å². The van der Waals surface area contributed by atoms with Crippen molar-refractivity contribution < 1.29 is 4.79 Å². The maximum Gasteiger partial charge on any atom is 0.243 e. The second kappa shape index (κ2) is 10.5. The highest BCUT2D eigenvalue weighted by Crippen LogP contribution is 2.07. The fraction of sp³-hybridized carbons (Fsp3) is 0.368. The predicted molar refractivity (Wildman–Crippen MR) is 105 cm³/mol. The number of hydrogen-bond donors (Lipinski definition) is 2. The number of aliphatic imine (C=N–C) groups is 1. The highest BCUT2D eigenvalue weighted by molar-refractivity contribution is 7.09. The summed E-state index contributed by atoms with van der Waals surface area (Å²) >= 11 is 1.70. The lowest BCUT2D eigenvalue weighted by molar-refractivity contribution is -0.127. The first-order chi connectivity index (χ1) is 12.1. The number of guanidine groups is 1. The Labute approximate surface area is 153 Å². The predicted octanol–water partition coefficient (Wildman–Crippen LogP) is 2.50. The van der Waals surface area contributed by atoms with Crippen LogP contribution in [0.3, 0.4) is 0 Å². The molecule has 0 atom stereocenters. The van der Waals surface area contributed by atoms with Crippen molar-refractivity contribution in [1.82, 2.24) is 15.5 Å². The van der Waals surface area contributed by atoms with Gasteiger partial charge in [0.25, 0.3) is 0 Å². The molecule has 0 aliphatic rings. The number of carbonyl (C=O) groups excluding carboxylic acids is 1. The van der Waals surface area contributed by atoms with E-state index in [4.69, 9.17) is 0 Å². The third-order valence-electron chi connectivity index (χ3n) is 3.66. The lowest BCUT2D eigenvalue weighted by Gasteiger charge is -2.13. The minimum Gasteiger partial charge on any atom is -0.356 e. The van der Waals surface area contributed by atoms with Crippen LogP contribution in [0.1, 0.15) is 16.9 Å². The van der Waals surface area contributed by atoms with E-state index in [9.17, 15) is 4.79 Å². The number of nitrogens with zero attached hydrogens (tertiary/aromatic N) is 2. The van der Waals surface area contributed by atoms with Gasteiger partial charge in [0.15, 0.2) is 5.96 Å². The van der Waals surface area contributed by atoms with E-state index in [1.54, 1.807) is 30.3 Å². The molecule has 0 saturated heterocycles. The Morgan fingerprint density at radius 3 is 2.60 bits per heavy atom. The van der Waals surface area contributed by atoms with E-state index in [1.165, 1.54) is 10.4 Å². The molecule has 6 heteroatoms. The van der Waals surface area contributed by atoms with Gasteiger partial charge in [-0.15, -0.1) is 11.3 Å². The van der Waals surface area contributed by atoms with Gasteiger partial charge in [-0.1, -0.05) is 36.4 Å². The van der Waals surface area contributed by atoms with E-state index in [1.807, 2.05) is 12.1 Å². The van der Waals surface area contributed by atoms with Crippen LogP contribution in [0.2, 0.25) is 0 Å². The van der Waals surface area contributed by atoms with Crippen LogP contribution in [0.5, 0.6) is 0 Å². The fourth-order valence-corrected chi connectivity index (χ4v) is 2.83. The lowest BCUT2D eigenvalue weighted by Crippen LogP contribution is -2.38. The van der Waals surface area contributed by atoms with Crippen molar-refractivity contribution in [1.29, 1.82) is 0 Å². The van der Waals surface area contributed by atoms with Gasteiger partial charge in [-0.3, -0.25) is 4.79 Å². The minimum absolute atomic E-state index is 0.0125. The number of hydrogen-bond acceptors (Lipinski definition) is 3. The van der Waals surface area contributed by atoms with Crippen molar-refractivity contribution in [3.05, 3.63) is 58.3 Å². The zero-order valence-electron chi connectivity index (χ0n) is 14.9. The number of nitrogens with one attached hydrogen (secondary N) is 2. The van der Waals surface area contributed by atoms with E-state index >= 15 is 0 Å². The summed E-state index contributed by atoms with van der Waals surface area (Å²) in [7, 11) is 3.48. The molecule has 1 aromatic heterocycles. The molecule has 0 saturated carbocycles. The number of rotatable bonds is 8. The van der Waals surface area contributed by atoms with Crippen LogP contribution in [-0.4, -0.2) is 44.0 Å². The summed E-state index contributed by atoms with van der Waals surface area (Å²) in [5.74, 6) is 0.665. The van der Waals surface area contributed by atoms with Gasteiger partial charge in [0.05, 0.1) is 6.54 Å². The van der Waals surface area contributed by atoms with Gasteiger partial charge in [0, 0.05) is 25.5 Å². The molecule has 0 bridgehead atoms. The summed E-state index contributed by atoms with van der Waals surface area (Å²) in [6, 6.07) is 14.5. The van der Waals surface area contributed by atoms with Gasteiger partial charge < -0.3 is 15.5 Å². The fourth-order valence-electron chi connectivity index (χ4n) is 2.19. The van der Waals surface area contributed by atoms with Crippen molar-refractivity contribution in [2.24, 2.45) is 4.99 Å². The molecule has 1 aromatic carbocycles. The minimum atomic E-state index is -0.0125. The van der Waals surface area contributed by atoms with Crippen LogP contribution in [0.25, 0.3) is 0 Å². The Hall–Kier alpha value is -2.34. The smallest absolute Gasteiger partial charge is 0.243 e. The van der Waals surface area contributed by atoms with E-state index in [2.05, 4.69) is 51.3 Å². The molecule has 2 aromatic rings. The summed E-state index contributed by atoms with van der Waals surface area (Å²) in [6.45, 7) is 1.66. The first-order valence-electron chi connectivity index (χ1n) is 8.44. The number of aryl methyl sites for hydroxylation is 1. The highest BCUT2D eigenvalue weighted by Gasteiger charge is 2.05. The molecule has 1 amide bonds. The molecule has 0 aliphatic carbocycles. The molecular weight excluding hydrogens is 332 g/mol. The summed E-state index contributed by atoms with van der Waals surface area (Å²) in [5, 5.41) is 8.67. The van der Waals surface area contributed by atoms with E-state index in [0.717, 1.165) is 19.4 Å². The van der Waals surface area contributed by atoms with Crippen molar-refractivity contribution in [2.45, 2.75) is 19.4 Å². The maximum atomic E-state index is 11.8. The van der Waals surface area contributed by atoms with E-state index in [0.29, 0.717) is 12.5 Å². The number of carbonyl (C=O) groups is 1. The number of thiophene rings is 1. The normalized spacial score (nSPS) is 11.2. The summed E-state index contributed by atoms with van der Waals surface area (Å²) in [4.78, 5) is 18.9. The number of benzene rings is 1. The Bertz CT molecular complexity index is 653. The molecule has 0 unspecified atom stereocenters. The van der Waals surface area contributed by atoms with Crippen LogP contribution in [-0.2, 0) is 17.8 Å². The second-order valence-electron chi connectivity index (χ2n) is 5.90. The Kier molecular flexibility index (Phi) is 7.98. The summed E-state index contributed by atoms with van der Waals surface area (Å²) < 4.78 is 0. The average molecular weight is 359 g/mol. The molecule has 0 spiro atoms. The monoisotopic (exact) mass is 358 g/mol. The van der Waals surface area contributed by atoms with Gasteiger partial charge in [-0.25, -0.2) is 4.99 Å². The third kappa shape index (κ3) is 7.39. The van der Waals surface area contributed by atoms with Crippen molar-refractivity contribution in [2.75, 3.05) is 27.2 Å². The Morgan fingerprint density at radius 2 is 1.92 bits per heavy atom. The number of likely N-dealkylation sites (N-methyl/N-ethyl adjacent to an activating group) is 1. The molecule has 0 fully saturated rings. The average Bonchev–Trinajstić information content (AvgIpc) is 3.14. The quantitative estimate of drug-likeness (QED) is 0.433. The van der Waals surface area contributed by atoms with E-state index < -0.39 is 0 Å². The maximum absolute atomic E-state index is 11.8. The molecular formula is C19H26N4OS. The summed E-state index contributed by atoms with van der Waals surface area (Å²) in [5.41, 5.74) is 1.33. The van der Waals surface area contributed by atoms with Gasteiger partial charge in [0.2, 0.25) is 5.91 Å². The third-order valence-corrected chi connectivity index (χ3v) is 4.54. The molecule has 0 aliphatic heterocycles. The standard InChI is InChI=1S/C19H26N4OS/c1-23(2)18(24)15-22-19(21-14-17-11-7-13-25-17)20-12-6-10-16-8-4-3-5-9-16/h3-5,7-9,11,13H,6,10,12,14-15H2,1-2H3,(H2,20,21,22). The van der Waals surface area contributed by atoms with Crippen molar-refractivity contribution >= 4 is 23.2 Å². The van der Waals surface area contributed by atoms with E-state index in [-0.39, 0.29) is 12.5 Å². The molecule has 2 N–H and O–H groups in total. The molecule has 0 radical (unpaired) electrons. The first-order valence-corrected chi connectivity index (χ1v) is 9.32. The summed E-state index contributed by atoms with van der Waals surface area (Å²) in [6.07, 6.45) is 2.02. The molecule has 25 heavy (non-hydrogen) atoms. The van der Waals surface area contributed by atoms with Crippen LogP contribution in [0, 0.1) is 0 Å². The van der Waals surface area contributed by atoms with Crippen LogP contribution < -0.4 is 10.6 Å². The SMILES string of the molecule is CN(C)C(=O)CN=C(NCCCc1ccccc1)NCc1cccs1. The molecule has 134 valence electrons. The van der Waals surface area contributed by atoms with Crippen LogP contribution in [0.15, 0.2) is 52.8 Å². The highest BCUT2D eigenvalue weighted by atomic mass is 32.1. The zero-order chi connectivity index (χ0) is 17.9. The zero-order valence-corrected chi connectivity index (χ0v) is 15.7. The van der Waals surface area contributed by atoms with Crippen LogP contribution >= 0.6 is 11.3 Å². The van der Waals surface area contributed by atoms with Gasteiger partial charge in [-0.05, 0) is 29.9 Å². The molecule has 1 heterocycles. The van der Waals surface area contributed by atoms with Gasteiger partial charge >= 0.3 is 0 Å². The first kappa shape index (κ1) is 19.0. The second-order valence-corrected chi connectivity index (χ2v) is 6.93. The van der Waals surface area contributed by atoms with Crippen LogP contribution in [0.4, 0.5) is 0 Å². The Balaban J connectivity index is 1.82. The topological polar surface area (TPSA) is 56.7 Å². The van der Waals surface area contributed by atoms with Gasteiger partial charge in [-0.2, -0.15) is 0 Å². The number of amides is 1. The lowest BCUT2D eigenvalue weighted by atomic mass is 10.1.